The van der Waals surface area contributed by atoms with E-state index in [2.05, 4.69) is 41.3 Å². The van der Waals surface area contributed by atoms with Gasteiger partial charge in [0.15, 0.2) is 5.78 Å². The second-order valence-corrected chi connectivity index (χ2v) is 12.1. The quantitative estimate of drug-likeness (QED) is 0.0579. The Kier molecular flexibility index (Phi) is 10.6. The lowest BCUT2D eigenvalue weighted by Gasteiger charge is -2.11. The minimum absolute atomic E-state index is 0.0735. The van der Waals surface area contributed by atoms with E-state index in [1.807, 2.05) is 78.9 Å². The number of aromatic nitrogens is 2. The third kappa shape index (κ3) is 8.76. The van der Waals surface area contributed by atoms with Crippen molar-refractivity contribution in [3.63, 3.8) is 0 Å². The second kappa shape index (κ2) is 14.9. The van der Waals surface area contributed by atoms with E-state index in [9.17, 15) is 18.4 Å². The van der Waals surface area contributed by atoms with Crippen LogP contribution < -0.4 is 21.1 Å². The van der Waals surface area contributed by atoms with Gasteiger partial charge in [-0.2, -0.15) is 0 Å². The summed E-state index contributed by atoms with van der Waals surface area (Å²) < 4.78 is 24.3. The van der Waals surface area contributed by atoms with Gasteiger partial charge in [0.05, 0.1) is 17.1 Å². The Morgan fingerprint density at radius 1 is 0.911 bits per heavy atom. The molecule has 1 aromatic heterocycles. The first-order valence-electron chi connectivity index (χ1n) is 13.5. The molecule has 5 aromatic rings. The minimum Gasteiger partial charge on any atom is -0.755 e. The fraction of sp³-hybridized carbons (Fsp3) is 0.0625. The fourth-order valence-corrected chi connectivity index (χ4v) is 5.97. The molecule has 0 saturated heterocycles. The maximum atomic E-state index is 12.2. The van der Waals surface area contributed by atoms with Gasteiger partial charge >= 0.3 is 6.03 Å². The van der Waals surface area contributed by atoms with Crippen LogP contribution in [0.2, 0.25) is 0 Å². The molecule has 1 atom stereocenters. The molecule has 10 nitrogen and oxygen atoms in total. The number of halogens is 1. The molecule has 1 aliphatic carbocycles. The van der Waals surface area contributed by atoms with Crippen LogP contribution in [0.1, 0.15) is 21.6 Å². The number of thioether (sulfide) groups is 1. The lowest BCUT2D eigenvalue weighted by atomic mass is 10.1. The van der Waals surface area contributed by atoms with Crippen molar-refractivity contribution in [1.29, 1.82) is 0 Å². The summed E-state index contributed by atoms with van der Waals surface area (Å²) in [5.74, 6) is 0.660. The van der Waals surface area contributed by atoms with Gasteiger partial charge in [-0.3, -0.25) is 9.00 Å². The van der Waals surface area contributed by atoms with E-state index in [0.717, 1.165) is 37.9 Å². The Labute approximate surface area is 274 Å². The summed E-state index contributed by atoms with van der Waals surface area (Å²) in [5, 5.41) is 8.31. The lowest BCUT2D eigenvalue weighted by Crippen LogP contribution is -2.19. The molecule has 1 unspecified atom stereocenters. The number of ketones is 1. The Bertz CT molecular complexity index is 1900. The molecule has 6 rings (SSSR count). The largest absolute Gasteiger partial charge is 0.755 e. The number of nitrogens with two attached hydrogens (primary N) is 1. The zero-order valence-electron chi connectivity index (χ0n) is 23.5. The molecule has 4 aromatic carbocycles. The fourth-order valence-electron chi connectivity index (χ4n) is 4.42. The number of anilines is 4. The van der Waals surface area contributed by atoms with Gasteiger partial charge in [-0.1, -0.05) is 82.3 Å². The SMILES string of the molecule is Nc1nc2c(c(SCC(=O)c3ccc(Br)cc3)n1)CC=C2.O=C(Nc1ccc(NS(=O)[O-])cc1)Nc1cccc2ccccc12. The molecule has 13 heteroatoms. The number of carbonyl (C=O) groups is 2. The lowest BCUT2D eigenvalue weighted by molar-refractivity contribution is 0.102. The summed E-state index contributed by atoms with van der Waals surface area (Å²) in [6.07, 6.45) is 4.76. The van der Waals surface area contributed by atoms with Gasteiger partial charge in [-0.05, 0) is 60.3 Å². The van der Waals surface area contributed by atoms with E-state index < -0.39 is 11.3 Å². The van der Waals surface area contributed by atoms with E-state index in [1.165, 1.54) is 11.8 Å². The Hall–Kier alpha value is -4.56. The van der Waals surface area contributed by atoms with Gasteiger partial charge in [0.1, 0.15) is 5.03 Å². The highest BCUT2D eigenvalue weighted by Gasteiger charge is 2.16. The molecule has 0 radical (unpaired) electrons. The topological polar surface area (TPSA) is 162 Å². The summed E-state index contributed by atoms with van der Waals surface area (Å²) in [7, 11) is 0. The second-order valence-electron chi connectivity index (χ2n) is 9.60. The summed E-state index contributed by atoms with van der Waals surface area (Å²) in [6.45, 7) is 0. The third-order valence-corrected chi connectivity index (χ3v) is 8.45. The van der Waals surface area contributed by atoms with Gasteiger partial charge in [-0.15, -0.1) is 0 Å². The molecule has 2 amide bonds. The molecule has 45 heavy (non-hydrogen) atoms. The van der Waals surface area contributed by atoms with Crippen LogP contribution in [-0.2, 0) is 17.7 Å². The van der Waals surface area contributed by atoms with Crippen molar-refractivity contribution < 1.29 is 18.4 Å². The molecular formula is C32H26BrN6O4S2-. The number of hydrogen-bond donors (Lipinski definition) is 4. The number of nitrogen functional groups attached to an aromatic ring is 1. The van der Waals surface area contributed by atoms with Crippen molar-refractivity contribution in [1.82, 2.24) is 9.97 Å². The zero-order valence-corrected chi connectivity index (χ0v) is 26.7. The number of fused-ring (bicyclic) bond motifs is 2. The first-order valence-corrected chi connectivity index (χ1v) is 16.4. The van der Waals surface area contributed by atoms with E-state index in [4.69, 9.17) is 5.73 Å². The van der Waals surface area contributed by atoms with Gasteiger partial charge in [0.2, 0.25) is 5.95 Å². The Morgan fingerprint density at radius 3 is 2.38 bits per heavy atom. The molecule has 5 N–H and O–H groups in total. The molecule has 228 valence electrons. The van der Waals surface area contributed by atoms with E-state index in [1.54, 1.807) is 24.3 Å². The van der Waals surface area contributed by atoms with Gasteiger partial charge in [-0.25, -0.2) is 14.8 Å². The monoisotopic (exact) mass is 701 g/mol. The highest BCUT2D eigenvalue weighted by molar-refractivity contribution is 9.10. The van der Waals surface area contributed by atoms with Crippen molar-refractivity contribution in [2.45, 2.75) is 11.4 Å². The molecule has 0 bridgehead atoms. The van der Waals surface area contributed by atoms with Gasteiger partial charge in [0.25, 0.3) is 0 Å². The molecular weight excluding hydrogens is 676 g/mol. The van der Waals surface area contributed by atoms with E-state index in [0.29, 0.717) is 28.4 Å². The van der Waals surface area contributed by atoms with Crippen molar-refractivity contribution in [2.24, 2.45) is 0 Å². The third-order valence-electron chi connectivity index (χ3n) is 6.50. The molecule has 0 aliphatic heterocycles. The Balaban J connectivity index is 0.000000179. The maximum absolute atomic E-state index is 12.2. The van der Waals surface area contributed by atoms with Crippen LogP contribution in [0.3, 0.4) is 0 Å². The number of rotatable bonds is 8. The van der Waals surface area contributed by atoms with Crippen molar-refractivity contribution in [3.8, 4) is 0 Å². The van der Waals surface area contributed by atoms with E-state index in [-0.39, 0.29) is 17.8 Å². The van der Waals surface area contributed by atoms with E-state index >= 15 is 0 Å². The van der Waals surface area contributed by atoms with Crippen molar-refractivity contribution >= 4 is 90.6 Å². The number of urea groups is 1. The zero-order chi connectivity index (χ0) is 31.8. The summed E-state index contributed by atoms with van der Waals surface area (Å²) in [4.78, 5) is 32.8. The van der Waals surface area contributed by atoms with Crippen LogP contribution >= 0.6 is 27.7 Å². The van der Waals surface area contributed by atoms with Crippen LogP contribution in [0.5, 0.6) is 0 Å². The minimum atomic E-state index is -2.37. The standard InChI is InChI=1S/C17H15N3O3S.C15H12BrN3OS/c21-17(18-13-8-10-14(11-9-13)20-24(22)23)19-16-7-3-5-12-4-1-2-6-15(12)16;16-10-6-4-9(5-7-10)13(20)8-21-14-11-2-1-3-12(11)18-15(17)19-14/h1-11,20H,(H,22,23)(H2,18,19,21);1,3-7H,2,8H2,(H2,17,18,19)/p-1. The Morgan fingerprint density at radius 2 is 1.62 bits per heavy atom. The average Bonchev–Trinajstić information content (AvgIpc) is 3.50. The summed E-state index contributed by atoms with van der Waals surface area (Å²) in [5.41, 5.74) is 10.0. The number of Topliss-reactive ketones (excluding diaryl/α,β-unsaturated/α-hetero) is 1. The molecule has 1 aliphatic rings. The summed E-state index contributed by atoms with van der Waals surface area (Å²) in [6, 6.07) is 26.8. The highest BCUT2D eigenvalue weighted by Crippen LogP contribution is 2.29. The molecule has 0 saturated carbocycles. The predicted octanol–water partition coefficient (Wildman–Crippen LogP) is 7.06. The van der Waals surface area contributed by atoms with Crippen molar-refractivity contribution in [2.75, 3.05) is 26.8 Å². The van der Waals surface area contributed by atoms with Crippen LogP contribution in [0, 0.1) is 0 Å². The van der Waals surface area contributed by atoms with Gasteiger partial charge in [0, 0.05) is 43.6 Å². The van der Waals surface area contributed by atoms with Gasteiger partial charge < -0.3 is 25.6 Å². The molecule has 0 spiro atoms. The number of benzene rings is 4. The van der Waals surface area contributed by atoms with Crippen LogP contribution in [0.25, 0.3) is 16.8 Å². The van der Waals surface area contributed by atoms with Crippen LogP contribution in [-0.4, -0.2) is 36.3 Å². The molecule has 1 heterocycles. The highest BCUT2D eigenvalue weighted by atomic mass is 79.9. The number of nitrogens with one attached hydrogen (secondary N) is 3. The molecule has 0 fully saturated rings. The van der Waals surface area contributed by atoms with Crippen LogP contribution in [0.15, 0.2) is 107 Å². The van der Waals surface area contributed by atoms with Crippen molar-refractivity contribution in [3.05, 3.63) is 118 Å². The number of carbonyl (C=O) groups excluding carboxylic acids is 2. The number of allylic oxidation sites excluding steroid dienone is 1. The normalized spacial score (nSPS) is 12.0. The maximum Gasteiger partial charge on any atom is 0.323 e. The predicted molar refractivity (Wildman–Crippen MR) is 184 cm³/mol. The average molecular weight is 703 g/mol. The first-order chi connectivity index (χ1) is 21.7. The number of amides is 2. The first kappa shape index (κ1) is 31.9. The number of nitrogens with zero attached hydrogens (tertiary/aromatic N) is 2. The number of hydrogen-bond acceptors (Lipinski definition) is 8. The smallest absolute Gasteiger partial charge is 0.323 e. The summed E-state index contributed by atoms with van der Waals surface area (Å²) >= 11 is 2.40. The van der Waals surface area contributed by atoms with Crippen LogP contribution in [0.4, 0.5) is 27.8 Å².